The Bertz CT molecular complexity index is 723. The number of nitrogens with zero attached hydrogens (tertiary/aromatic N) is 1. The van der Waals surface area contributed by atoms with Gasteiger partial charge >= 0.3 is 5.97 Å². The van der Waals surface area contributed by atoms with Crippen LogP contribution in [0.2, 0.25) is 0 Å². The Labute approximate surface area is 144 Å². The lowest BCUT2D eigenvalue weighted by molar-refractivity contribution is 0.0605. The minimum atomic E-state index is -0.461. The molecule has 0 aliphatic heterocycles. The summed E-state index contributed by atoms with van der Waals surface area (Å²) >= 11 is 1.09. The predicted molar refractivity (Wildman–Crippen MR) is 92.9 cm³/mol. The molecule has 1 aromatic carbocycles. The van der Waals surface area contributed by atoms with Crippen LogP contribution in [0.5, 0.6) is 5.75 Å². The molecule has 0 saturated carbocycles. The minimum absolute atomic E-state index is 0.296. The number of hydrogen-bond donors (Lipinski definition) is 1. The summed E-state index contributed by atoms with van der Waals surface area (Å²) in [6.07, 6.45) is 0. The summed E-state index contributed by atoms with van der Waals surface area (Å²) in [5.41, 5.74) is 1.01. The van der Waals surface area contributed by atoms with Gasteiger partial charge in [-0.1, -0.05) is 25.2 Å². The molecule has 0 radical (unpaired) electrons. The molecule has 0 spiro atoms. The molecule has 2 aromatic rings. The van der Waals surface area contributed by atoms with Crippen LogP contribution < -0.4 is 10.1 Å². The number of aryl methyl sites for hydroxylation is 1. The molecule has 1 amide bonds. The largest absolute Gasteiger partial charge is 0.493 e. The van der Waals surface area contributed by atoms with E-state index in [2.05, 4.69) is 28.9 Å². The standard InChI is InChI=1S/C17H20N2O4S/c1-10(2)9-23-13-7-5-12(6-8-13)15(20)19-17-18-11(3)14(24-17)16(21)22-4/h5-8,10H,9H2,1-4H3,(H,18,19,20). The average Bonchev–Trinajstić information content (AvgIpc) is 2.93. The van der Waals surface area contributed by atoms with E-state index in [4.69, 9.17) is 4.74 Å². The zero-order chi connectivity index (χ0) is 17.7. The quantitative estimate of drug-likeness (QED) is 0.808. The predicted octanol–water partition coefficient (Wildman–Crippen LogP) is 3.53. The van der Waals surface area contributed by atoms with Gasteiger partial charge in [0.25, 0.3) is 5.91 Å². The van der Waals surface area contributed by atoms with E-state index in [1.165, 1.54) is 7.11 Å². The van der Waals surface area contributed by atoms with Gasteiger partial charge in [-0.05, 0) is 37.1 Å². The summed E-state index contributed by atoms with van der Waals surface area (Å²) < 4.78 is 10.3. The van der Waals surface area contributed by atoms with Crippen molar-refractivity contribution in [3.8, 4) is 5.75 Å². The molecule has 1 N–H and O–H groups in total. The maximum absolute atomic E-state index is 12.2. The number of carbonyl (C=O) groups is 2. The number of esters is 1. The van der Waals surface area contributed by atoms with Crippen LogP contribution in [0.3, 0.4) is 0 Å². The number of methoxy groups -OCH3 is 1. The first-order valence-electron chi connectivity index (χ1n) is 7.50. The van der Waals surface area contributed by atoms with Crippen LogP contribution in [0.25, 0.3) is 0 Å². The second kappa shape index (κ2) is 7.92. The molecule has 0 unspecified atom stereocenters. The monoisotopic (exact) mass is 348 g/mol. The van der Waals surface area contributed by atoms with Crippen molar-refractivity contribution >= 4 is 28.3 Å². The van der Waals surface area contributed by atoms with Crippen LogP contribution in [-0.4, -0.2) is 30.6 Å². The van der Waals surface area contributed by atoms with E-state index in [0.717, 1.165) is 17.1 Å². The molecule has 6 nitrogen and oxygen atoms in total. The molecule has 0 aliphatic carbocycles. The highest BCUT2D eigenvalue weighted by Crippen LogP contribution is 2.24. The van der Waals surface area contributed by atoms with E-state index in [0.29, 0.717) is 33.8 Å². The molecular formula is C17H20N2O4S. The number of carbonyl (C=O) groups excluding carboxylic acids is 2. The van der Waals surface area contributed by atoms with E-state index in [-0.39, 0.29) is 5.91 Å². The Morgan fingerprint density at radius 3 is 2.50 bits per heavy atom. The minimum Gasteiger partial charge on any atom is -0.493 e. The second-order valence-electron chi connectivity index (χ2n) is 5.61. The van der Waals surface area contributed by atoms with Crippen molar-refractivity contribution in [3.63, 3.8) is 0 Å². The zero-order valence-corrected chi connectivity index (χ0v) is 14.9. The highest BCUT2D eigenvalue weighted by atomic mass is 32.1. The number of rotatable bonds is 6. The third-order valence-corrected chi connectivity index (χ3v) is 4.14. The van der Waals surface area contributed by atoms with Crippen molar-refractivity contribution in [2.75, 3.05) is 19.0 Å². The molecule has 2 rings (SSSR count). The Morgan fingerprint density at radius 1 is 1.25 bits per heavy atom. The summed E-state index contributed by atoms with van der Waals surface area (Å²) in [7, 11) is 1.31. The maximum Gasteiger partial charge on any atom is 0.350 e. The SMILES string of the molecule is COC(=O)c1sc(NC(=O)c2ccc(OCC(C)C)cc2)nc1C. The van der Waals surface area contributed by atoms with Gasteiger partial charge in [0.1, 0.15) is 10.6 Å². The third-order valence-electron chi connectivity index (χ3n) is 3.09. The molecule has 7 heteroatoms. The lowest BCUT2D eigenvalue weighted by Crippen LogP contribution is -2.11. The number of thiazole rings is 1. The molecule has 0 fully saturated rings. The summed E-state index contributed by atoms with van der Waals surface area (Å²) in [5, 5.41) is 3.05. The zero-order valence-electron chi connectivity index (χ0n) is 14.1. The van der Waals surface area contributed by atoms with E-state index >= 15 is 0 Å². The number of nitrogens with one attached hydrogen (secondary N) is 1. The van der Waals surface area contributed by atoms with E-state index in [1.54, 1.807) is 31.2 Å². The van der Waals surface area contributed by atoms with Crippen LogP contribution in [0.15, 0.2) is 24.3 Å². The molecule has 0 aliphatic rings. The van der Waals surface area contributed by atoms with Crippen LogP contribution in [0.1, 0.15) is 39.6 Å². The first-order chi connectivity index (χ1) is 11.4. The van der Waals surface area contributed by atoms with Gasteiger partial charge in [-0.15, -0.1) is 0 Å². The summed E-state index contributed by atoms with van der Waals surface area (Å²) in [6.45, 7) is 6.46. The fraction of sp³-hybridized carbons (Fsp3) is 0.353. The number of hydrogen-bond acceptors (Lipinski definition) is 6. The van der Waals surface area contributed by atoms with Crippen LogP contribution in [0, 0.1) is 12.8 Å². The smallest absolute Gasteiger partial charge is 0.350 e. The van der Waals surface area contributed by atoms with Crippen molar-refractivity contribution in [2.24, 2.45) is 5.92 Å². The summed E-state index contributed by atoms with van der Waals surface area (Å²) in [6, 6.07) is 6.88. The Hall–Kier alpha value is -2.41. The lowest BCUT2D eigenvalue weighted by atomic mass is 10.2. The Balaban J connectivity index is 2.03. The van der Waals surface area contributed by atoms with Crippen molar-refractivity contribution in [1.29, 1.82) is 0 Å². The molecule has 1 heterocycles. The van der Waals surface area contributed by atoms with Crippen molar-refractivity contribution in [3.05, 3.63) is 40.4 Å². The average molecular weight is 348 g/mol. The fourth-order valence-electron chi connectivity index (χ4n) is 1.87. The molecule has 128 valence electrons. The van der Waals surface area contributed by atoms with Crippen molar-refractivity contribution in [2.45, 2.75) is 20.8 Å². The van der Waals surface area contributed by atoms with E-state index < -0.39 is 5.97 Å². The number of aromatic nitrogens is 1. The van der Waals surface area contributed by atoms with Crippen molar-refractivity contribution < 1.29 is 19.1 Å². The van der Waals surface area contributed by atoms with Gasteiger partial charge in [-0.2, -0.15) is 0 Å². The van der Waals surface area contributed by atoms with Gasteiger partial charge in [0, 0.05) is 5.56 Å². The molecule has 0 saturated heterocycles. The number of amides is 1. The highest BCUT2D eigenvalue weighted by molar-refractivity contribution is 7.17. The van der Waals surface area contributed by atoms with Crippen LogP contribution in [0.4, 0.5) is 5.13 Å². The Morgan fingerprint density at radius 2 is 1.92 bits per heavy atom. The topological polar surface area (TPSA) is 77.5 Å². The van der Waals surface area contributed by atoms with Gasteiger partial charge in [0.15, 0.2) is 5.13 Å². The third kappa shape index (κ3) is 4.55. The Kier molecular flexibility index (Phi) is 5.92. The molecular weight excluding hydrogens is 328 g/mol. The first kappa shape index (κ1) is 17.9. The maximum atomic E-state index is 12.2. The molecule has 0 atom stereocenters. The first-order valence-corrected chi connectivity index (χ1v) is 8.32. The number of anilines is 1. The van der Waals surface area contributed by atoms with Gasteiger partial charge in [0.2, 0.25) is 0 Å². The van der Waals surface area contributed by atoms with Gasteiger partial charge in [0.05, 0.1) is 19.4 Å². The van der Waals surface area contributed by atoms with Crippen molar-refractivity contribution in [1.82, 2.24) is 4.98 Å². The molecule has 0 bridgehead atoms. The normalized spacial score (nSPS) is 10.5. The number of benzene rings is 1. The molecule has 1 aromatic heterocycles. The lowest BCUT2D eigenvalue weighted by Gasteiger charge is -2.09. The fourth-order valence-corrected chi connectivity index (χ4v) is 2.75. The summed E-state index contributed by atoms with van der Waals surface area (Å²) in [4.78, 5) is 28.4. The number of ether oxygens (including phenoxy) is 2. The highest BCUT2D eigenvalue weighted by Gasteiger charge is 2.17. The second-order valence-corrected chi connectivity index (χ2v) is 6.61. The van der Waals surface area contributed by atoms with Gasteiger partial charge < -0.3 is 9.47 Å². The van der Waals surface area contributed by atoms with Crippen LogP contribution in [-0.2, 0) is 4.74 Å². The van der Waals surface area contributed by atoms with E-state index in [1.807, 2.05) is 0 Å². The van der Waals surface area contributed by atoms with Gasteiger partial charge in [-0.25, -0.2) is 9.78 Å². The van der Waals surface area contributed by atoms with Crippen LogP contribution >= 0.6 is 11.3 Å². The molecule has 24 heavy (non-hydrogen) atoms. The van der Waals surface area contributed by atoms with E-state index in [9.17, 15) is 9.59 Å². The van der Waals surface area contributed by atoms with Gasteiger partial charge in [-0.3, -0.25) is 10.1 Å². The summed E-state index contributed by atoms with van der Waals surface area (Å²) in [5.74, 6) is 0.399.